The van der Waals surface area contributed by atoms with E-state index in [0.717, 1.165) is 33.1 Å². The van der Waals surface area contributed by atoms with E-state index >= 15 is 0 Å². The zero-order chi connectivity index (χ0) is 11.5. The average molecular weight is 431 g/mol. The fourth-order valence-electron chi connectivity index (χ4n) is 1.71. The Balaban J connectivity index is 0.00000144. The highest BCUT2D eigenvalue weighted by molar-refractivity contribution is 14.1. The summed E-state index contributed by atoms with van der Waals surface area (Å²) >= 11 is 5.66. The molecule has 6 heteroatoms. The van der Waals surface area contributed by atoms with Gasteiger partial charge < -0.3 is 10.6 Å². The second kappa shape index (κ2) is 6.92. The number of anilines is 1. The fraction of sp³-hybridized carbons (Fsp3) is 0.364. The normalized spacial score (nSPS) is 18.6. The first-order valence-electron chi connectivity index (χ1n) is 5.16. The molecule has 0 bridgehead atoms. The van der Waals surface area contributed by atoms with Crippen LogP contribution in [0.25, 0.3) is 0 Å². The molecule has 0 aromatic heterocycles. The highest BCUT2D eigenvalue weighted by Gasteiger charge is 2.21. The maximum Gasteiger partial charge on any atom is 0.241 e. The van der Waals surface area contributed by atoms with E-state index in [2.05, 4.69) is 49.2 Å². The van der Waals surface area contributed by atoms with E-state index in [4.69, 9.17) is 0 Å². The molecule has 1 aliphatic heterocycles. The zero-order valence-corrected chi connectivity index (χ0v) is 13.6. The van der Waals surface area contributed by atoms with Gasteiger partial charge in [-0.3, -0.25) is 4.79 Å². The number of amides is 1. The van der Waals surface area contributed by atoms with Crippen molar-refractivity contribution in [2.75, 3.05) is 11.9 Å². The minimum atomic E-state index is -0.0266. The summed E-state index contributed by atoms with van der Waals surface area (Å²) in [6, 6.07) is 5.78. The lowest BCUT2D eigenvalue weighted by Gasteiger charge is -2.11. The molecule has 0 aliphatic carbocycles. The Kier molecular flexibility index (Phi) is 6.19. The monoisotopic (exact) mass is 430 g/mol. The van der Waals surface area contributed by atoms with Crippen LogP contribution < -0.4 is 10.6 Å². The minimum Gasteiger partial charge on any atom is -0.325 e. The molecule has 1 saturated heterocycles. The van der Waals surface area contributed by atoms with Crippen molar-refractivity contribution >= 4 is 62.5 Å². The van der Waals surface area contributed by atoms with Crippen molar-refractivity contribution in [2.24, 2.45) is 0 Å². The fourth-order valence-corrected chi connectivity index (χ4v) is 2.47. The quantitative estimate of drug-likeness (QED) is 0.707. The lowest BCUT2D eigenvalue weighted by Crippen LogP contribution is -2.35. The lowest BCUT2D eigenvalue weighted by atomic mass is 10.2. The predicted octanol–water partition coefficient (Wildman–Crippen LogP) is 3.17. The number of hydrogen-bond donors (Lipinski definition) is 2. The predicted molar refractivity (Wildman–Crippen MR) is 83.8 cm³/mol. The van der Waals surface area contributed by atoms with E-state index in [1.54, 1.807) is 0 Å². The molecule has 94 valence electrons. The average Bonchev–Trinajstić information content (AvgIpc) is 2.77. The number of halogens is 3. The molecule has 0 spiro atoms. The highest BCUT2D eigenvalue weighted by atomic mass is 127. The summed E-state index contributed by atoms with van der Waals surface area (Å²) < 4.78 is 2.14. The molecule has 1 heterocycles. The van der Waals surface area contributed by atoms with Crippen molar-refractivity contribution < 1.29 is 4.79 Å². The number of nitrogens with one attached hydrogen (secondary N) is 2. The Morgan fingerprint density at radius 2 is 2.29 bits per heavy atom. The van der Waals surface area contributed by atoms with Gasteiger partial charge in [0.15, 0.2) is 0 Å². The van der Waals surface area contributed by atoms with E-state index in [1.807, 2.05) is 18.2 Å². The number of carbonyl (C=O) groups is 1. The number of rotatable bonds is 2. The van der Waals surface area contributed by atoms with Crippen molar-refractivity contribution in [3.63, 3.8) is 0 Å². The summed E-state index contributed by atoms with van der Waals surface area (Å²) in [6.07, 6.45) is 2.01. The molecule has 1 atom stereocenters. The Morgan fingerprint density at radius 3 is 2.88 bits per heavy atom. The van der Waals surface area contributed by atoms with Gasteiger partial charge in [0.05, 0.1) is 6.04 Å². The van der Waals surface area contributed by atoms with E-state index < -0.39 is 0 Å². The third-order valence-electron chi connectivity index (χ3n) is 2.56. The van der Waals surface area contributed by atoms with Crippen molar-refractivity contribution in [1.29, 1.82) is 0 Å². The molecule has 0 saturated carbocycles. The van der Waals surface area contributed by atoms with Crippen LogP contribution in [0.5, 0.6) is 0 Å². The summed E-state index contributed by atoms with van der Waals surface area (Å²) in [5, 5.41) is 6.10. The SMILES string of the molecule is Cl.O=C(Nc1ccc(Br)c(I)c1)[C@@H]1CCCN1. The standard InChI is InChI=1S/C11H12BrIN2O.ClH/c12-8-4-3-7(6-9(8)13)15-11(16)10-2-1-5-14-10;/h3-4,6,10,14H,1-2,5H2,(H,15,16);1H/t10-;/m0./s1. The van der Waals surface area contributed by atoms with E-state index in [9.17, 15) is 4.79 Å². The molecule has 1 aromatic rings. The zero-order valence-electron chi connectivity index (χ0n) is 9.00. The maximum atomic E-state index is 11.8. The van der Waals surface area contributed by atoms with Crippen LogP contribution in [0.3, 0.4) is 0 Å². The van der Waals surface area contributed by atoms with Gasteiger partial charge in [-0.1, -0.05) is 0 Å². The first-order chi connectivity index (χ1) is 7.66. The molecule has 17 heavy (non-hydrogen) atoms. The highest BCUT2D eigenvalue weighted by Crippen LogP contribution is 2.22. The van der Waals surface area contributed by atoms with Gasteiger partial charge in [0.25, 0.3) is 0 Å². The second-order valence-electron chi connectivity index (χ2n) is 3.77. The lowest BCUT2D eigenvalue weighted by molar-refractivity contribution is -0.117. The smallest absolute Gasteiger partial charge is 0.241 e. The molecule has 2 N–H and O–H groups in total. The van der Waals surface area contributed by atoms with Gasteiger partial charge in [0.2, 0.25) is 5.91 Å². The summed E-state index contributed by atoms with van der Waals surface area (Å²) in [5.41, 5.74) is 0.853. The van der Waals surface area contributed by atoms with Crippen molar-refractivity contribution in [3.8, 4) is 0 Å². The molecule has 0 radical (unpaired) electrons. The largest absolute Gasteiger partial charge is 0.325 e. The van der Waals surface area contributed by atoms with Gasteiger partial charge in [-0.2, -0.15) is 0 Å². The van der Waals surface area contributed by atoms with Crippen LogP contribution >= 0.6 is 50.9 Å². The molecule has 2 rings (SSSR count). The van der Waals surface area contributed by atoms with Crippen molar-refractivity contribution in [3.05, 3.63) is 26.2 Å². The first kappa shape index (κ1) is 15.2. The Bertz CT molecular complexity index is 410. The Labute approximate surface area is 129 Å². The van der Waals surface area contributed by atoms with Gasteiger partial charge in [-0.05, 0) is 76.1 Å². The Morgan fingerprint density at radius 1 is 1.53 bits per heavy atom. The number of hydrogen-bond acceptors (Lipinski definition) is 2. The molecule has 3 nitrogen and oxygen atoms in total. The van der Waals surface area contributed by atoms with Gasteiger partial charge in [-0.15, -0.1) is 12.4 Å². The second-order valence-corrected chi connectivity index (χ2v) is 5.78. The van der Waals surface area contributed by atoms with Crippen LogP contribution in [0.15, 0.2) is 22.7 Å². The third kappa shape index (κ3) is 4.08. The van der Waals surface area contributed by atoms with Crippen LogP contribution in [0.4, 0.5) is 5.69 Å². The summed E-state index contributed by atoms with van der Waals surface area (Å²) in [5.74, 6) is 0.0654. The van der Waals surface area contributed by atoms with Gasteiger partial charge in [-0.25, -0.2) is 0 Å². The molecule has 1 amide bonds. The number of carbonyl (C=O) groups excluding carboxylic acids is 1. The van der Waals surface area contributed by atoms with E-state index in [1.165, 1.54) is 0 Å². The van der Waals surface area contributed by atoms with Gasteiger partial charge in [0, 0.05) is 13.7 Å². The Hall–Kier alpha value is 0.150. The van der Waals surface area contributed by atoms with Crippen LogP contribution in [0, 0.1) is 3.57 Å². The summed E-state index contributed by atoms with van der Waals surface area (Å²) in [6.45, 7) is 0.940. The van der Waals surface area contributed by atoms with Crippen LogP contribution in [-0.2, 0) is 4.79 Å². The number of benzene rings is 1. The summed E-state index contributed by atoms with van der Waals surface area (Å²) in [4.78, 5) is 11.8. The molecule has 1 aromatic carbocycles. The van der Waals surface area contributed by atoms with Gasteiger partial charge in [0.1, 0.15) is 0 Å². The molecule has 1 fully saturated rings. The van der Waals surface area contributed by atoms with Gasteiger partial charge >= 0.3 is 0 Å². The van der Waals surface area contributed by atoms with E-state index in [-0.39, 0.29) is 24.4 Å². The molecular weight excluding hydrogens is 418 g/mol. The van der Waals surface area contributed by atoms with Crippen LogP contribution in [0.2, 0.25) is 0 Å². The van der Waals surface area contributed by atoms with Crippen LogP contribution in [-0.4, -0.2) is 18.5 Å². The minimum absolute atomic E-state index is 0. The molecule has 1 aliphatic rings. The summed E-state index contributed by atoms with van der Waals surface area (Å²) in [7, 11) is 0. The first-order valence-corrected chi connectivity index (χ1v) is 7.03. The van der Waals surface area contributed by atoms with E-state index in [0.29, 0.717) is 0 Å². The molecular formula is C11H13BrClIN2O. The van der Waals surface area contributed by atoms with Crippen LogP contribution in [0.1, 0.15) is 12.8 Å². The van der Waals surface area contributed by atoms with Crippen molar-refractivity contribution in [2.45, 2.75) is 18.9 Å². The topological polar surface area (TPSA) is 41.1 Å². The maximum absolute atomic E-state index is 11.8. The van der Waals surface area contributed by atoms with Crippen molar-refractivity contribution in [1.82, 2.24) is 5.32 Å². The third-order valence-corrected chi connectivity index (χ3v) is 4.89. The molecule has 0 unspecified atom stereocenters.